The quantitative estimate of drug-likeness (QED) is 0.168. The number of nitriles is 2. The van der Waals surface area contributed by atoms with Crippen LogP contribution in [-0.4, -0.2) is 20.4 Å². The molecular formula is C56H30BN5. The smallest absolute Gasteiger partial charge is 0.252 e. The highest BCUT2D eigenvalue weighted by molar-refractivity contribution is 7.00. The van der Waals surface area contributed by atoms with Crippen molar-refractivity contribution in [3.05, 3.63) is 193 Å². The first-order valence-electron chi connectivity index (χ1n) is 21.0. The lowest BCUT2D eigenvalue weighted by atomic mass is 9.34. The van der Waals surface area contributed by atoms with Crippen LogP contribution in [0.1, 0.15) is 11.1 Å². The standard InChI is InChI=1S/C56H30BN5/c58-31-43-52(60-49-29-35(33-13-3-1-4-14-33)25-27-39(49)40-28-26-36(30-50(40)60)34-15-5-2-6-16-34)44(32-59)56-51-55(43)61-47-23-9-7-17-37(47)41-19-11-21-45(53(41)61)57(51)46-22-12-20-42-38-18-8-10-24-48(38)62(56)54(42)46/h1-30H. The molecule has 0 aliphatic carbocycles. The molecule has 0 saturated heterocycles. The highest BCUT2D eigenvalue weighted by Crippen LogP contribution is 2.45. The van der Waals surface area contributed by atoms with E-state index in [1.54, 1.807) is 0 Å². The Kier molecular flexibility index (Phi) is 6.45. The molecule has 5 heterocycles. The normalized spacial score (nSPS) is 12.5. The van der Waals surface area contributed by atoms with Crippen LogP contribution in [0.2, 0.25) is 0 Å². The molecule has 0 fully saturated rings. The zero-order valence-corrected chi connectivity index (χ0v) is 33.1. The van der Waals surface area contributed by atoms with Crippen molar-refractivity contribution in [1.82, 2.24) is 13.7 Å². The van der Waals surface area contributed by atoms with Gasteiger partial charge in [0.15, 0.2) is 0 Å². The van der Waals surface area contributed by atoms with Crippen LogP contribution in [0, 0.1) is 22.7 Å². The molecule has 14 rings (SSSR count). The van der Waals surface area contributed by atoms with E-state index in [0.717, 1.165) is 105 Å². The third-order valence-corrected chi connectivity index (χ3v) is 13.7. The molecule has 5 nitrogen and oxygen atoms in total. The van der Waals surface area contributed by atoms with Gasteiger partial charge >= 0.3 is 0 Å². The summed E-state index contributed by atoms with van der Waals surface area (Å²) in [4.78, 5) is 0. The van der Waals surface area contributed by atoms with E-state index in [9.17, 15) is 10.5 Å². The molecule has 2 aliphatic rings. The van der Waals surface area contributed by atoms with Gasteiger partial charge in [0, 0.05) is 43.4 Å². The monoisotopic (exact) mass is 783 g/mol. The summed E-state index contributed by atoms with van der Waals surface area (Å²) in [5, 5.41) is 30.6. The molecule has 0 bridgehead atoms. The van der Waals surface area contributed by atoms with Gasteiger partial charge < -0.3 is 13.7 Å². The fourth-order valence-electron chi connectivity index (χ4n) is 11.3. The summed E-state index contributed by atoms with van der Waals surface area (Å²) in [6.07, 6.45) is 0. The van der Waals surface area contributed by atoms with Crippen molar-refractivity contribution in [3.8, 4) is 51.5 Å². The molecule has 282 valence electrons. The number of hydrogen-bond acceptors (Lipinski definition) is 2. The third-order valence-electron chi connectivity index (χ3n) is 13.7. The van der Waals surface area contributed by atoms with Gasteiger partial charge in [-0.05, 0) is 62.9 Å². The van der Waals surface area contributed by atoms with Crippen LogP contribution in [0.3, 0.4) is 0 Å². The average Bonchev–Trinajstić information content (AvgIpc) is 3.97. The first kappa shape index (κ1) is 33.3. The van der Waals surface area contributed by atoms with Crippen LogP contribution in [0.5, 0.6) is 0 Å². The predicted molar refractivity (Wildman–Crippen MR) is 254 cm³/mol. The summed E-state index contributed by atoms with van der Waals surface area (Å²) in [5.41, 5.74) is 17.0. The minimum absolute atomic E-state index is 0.221. The van der Waals surface area contributed by atoms with Gasteiger partial charge in [-0.2, -0.15) is 10.5 Å². The van der Waals surface area contributed by atoms with E-state index < -0.39 is 0 Å². The molecule has 0 radical (unpaired) electrons. The molecule has 2 aliphatic heterocycles. The number of fused-ring (bicyclic) bond motifs is 13. The average molecular weight is 784 g/mol. The maximum Gasteiger partial charge on any atom is 0.252 e. The van der Waals surface area contributed by atoms with Crippen molar-refractivity contribution in [3.63, 3.8) is 0 Å². The number of hydrogen-bond donors (Lipinski definition) is 0. The first-order valence-corrected chi connectivity index (χ1v) is 21.0. The highest BCUT2D eigenvalue weighted by atomic mass is 15.1. The van der Waals surface area contributed by atoms with Gasteiger partial charge in [-0.15, -0.1) is 0 Å². The molecule has 0 amide bonds. The van der Waals surface area contributed by atoms with Crippen molar-refractivity contribution in [2.45, 2.75) is 0 Å². The number of para-hydroxylation sites is 4. The number of rotatable bonds is 3. The Morgan fingerprint density at radius 2 is 0.758 bits per heavy atom. The Morgan fingerprint density at radius 1 is 0.339 bits per heavy atom. The lowest BCUT2D eigenvalue weighted by Gasteiger charge is -2.35. The van der Waals surface area contributed by atoms with Gasteiger partial charge in [0.05, 0.1) is 39.1 Å². The van der Waals surface area contributed by atoms with Crippen molar-refractivity contribution in [1.29, 1.82) is 10.5 Å². The van der Waals surface area contributed by atoms with Crippen molar-refractivity contribution < 1.29 is 0 Å². The van der Waals surface area contributed by atoms with Crippen LogP contribution in [-0.2, 0) is 0 Å². The summed E-state index contributed by atoms with van der Waals surface area (Å²) in [6, 6.07) is 70.1. The van der Waals surface area contributed by atoms with Crippen LogP contribution in [0.25, 0.3) is 105 Å². The molecular weight excluding hydrogens is 753 g/mol. The van der Waals surface area contributed by atoms with E-state index in [1.165, 1.54) is 10.9 Å². The van der Waals surface area contributed by atoms with Crippen molar-refractivity contribution >= 4 is 88.5 Å². The Bertz CT molecular complexity index is 3800. The molecule has 12 aromatic rings. The number of benzene rings is 9. The van der Waals surface area contributed by atoms with Gasteiger partial charge in [-0.25, -0.2) is 0 Å². The molecule has 9 aromatic carbocycles. The topological polar surface area (TPSA) is 62.4 Å². The van der Waals surface area contributed by atoms with Crippen LogP contribution in [0.4, 0.5) is 0 Å². The summed E-state index contributed by atoms with van der Waals surface area (Å²) in [6.45, 7) is -0.221. The van der Waals surface area contributed by atoms with Crippen LogP contribution < -0.4 is 16.4 Å². The molecule has 0 N–H and O–H groups in total. The van der Waals surface area contributed by atoms with Crippen LogP contribution in [0.15, 0.2) is 182 Å². The second-order valence-electron chi connectivity index (χ2n) is 16.6. The SMILES string of the molecule is N#Cc1c(-n2c3cc(-c4ccccc4)ccc3c3ccc(-c4ccccc4)cc32)c(C#N)c2c3c1-n1c4ccccc4c4cccc(c41)B3c1cccc3c4ccccc4n-2c13. The minimum Gasteiger partial charge on any atom is -0.309 e. The third kappa shape index (κ3) is 4.06. The van der Waals surface area contributed by atoms with Gasteiger partial charge in [0.1, 0.15) is 23.3 Å². The van der Waals surface area contributed by atoms with Crippen molar-refractivity contribution in [2.75, 3.05) is 0 Å². The Balaban J connectivity index is 1.25. The lowest BCUT2D eigenvalue weighted by Crippen LogP contribution is -2.60. The minimum atomic E-state index is -0.221. The largest absolute Gasteiger partial charge is 0.309 e. The molecule has 0 saturated carbocycles. The summed E-state index contributed by atoms with van der Waals surface area (Å²) < 4.78 is 6.92. The van der Waals surface area contributed by atoms with E-state index in [4.69, 9.17) is 0 Å². The Hall–Kier alpha value is -8.58. The number of nitrogens with zero attached hydrogens (tertiary/aromatic N) is 5. The second-order valence-corrected chi connectivity index (χ2v) is 16.6. The fourth-order valence-corrected chi connectivity index (χ4v) is 11.3. The zero-order valence-electron chi connectivity index (χ0n) is 33.1. The lowest BCUT2D eigenvalue weighted by molar-refractivity contribution is 1.08. The van der Waals surface area contributed by atoms with E-state index in [-0.39, 0.29) is 6.71 Å². The van der Waals surface area contributed by atoms with E-state index in [1.807, 2.05) is 12.1 Å². The highest BCUT2D eigenvalue weighted by Gasteiger charge is 2.44. The van der Waals surface area contributed by atoms with Gasteiger partial charge in [-0.3, -0.25) is 0 Å². The molecule has 0 unspecified atom stereocenters. The second kappa shape index (κ2) is 12.0. The molecule has 0 spiro atoms. The first-order chi connectivity index (χ1) is 30.7. The van der Waals surface area contributed by atoms with Gasteiger partial charge in [0.25, 0.3) is 6.71 Å². The van der Waals surface area contributed by atoms with Crippen LogP contribution >= 0.6 is 0 Å². The molecule has 0 atom stereocenters. The van der Waals surface area contributed by atoms with Gasteiger partial charge in [0.2, 0.25) is 0 Å². The maximum atomic E-state index is 12.0. The number of aromatic nitrogens is 3. The Labute approximate surface area is 355 Å². The molecule has 3 aromatic heterocycles. The van der Waals surface area contributed by atoms with E-state index in [2.05, 4.69) is 196 Å². The van der Waals surface area contributed by atoms with Gasteiger partial charge in [-0.1, -0.05) is 158 Å². The molecule has 62 heavy (non-hydrogen) atoms. The molecule has 6 heteroatoms. The zero-order chi connectivity index (χ0) is 40.8. The van der Waals surface area contributed by atoms with Crippen molar-refractivity contribution in [2.24, 2.45) is 0 Å². The summed E-state index contributed by atoms with van der Waals surface area (Å²) in [7, 11) is 0. The van der Waals surface area contributed by atoms with E-state index in [0.29, 0.717) is 16.8 Å². The summed E-state index contributed by atoms with van der Waals surface area (Å²) >= 11 is 0. The maximum absolute atomic E-state index is 12.0. The predicted octanol–water partition coefficient (Wildman–Crippen LogP) is 11.2. The summed E-state index contributed by atoms with van der Waals surface area (Å²) in [5.74, 6) is 0. The fraction of sp³-hybridized carbons (Fsp3) is 0. The Morgan fingerprint density at radius 3 is 1.23 bits per heavy atom. The van der Waals surface area contributed by atoms with E-state index >= 15 is 0 Å².